The Balaban J connectivity index is 1.28. The molecule has 1 aliphatic heterocycles. The first kappa shape index (κ1) is 18.5. The van der Waals surface area contributed by atoms with Crippen LogP contribution in [0.1, 0.15) is 87.4 Å². The standard InChI is InChI=1S/C21H31N3O3/c1-13-3-5-16(6-4-13)21(26)24-10-9-17(11-14(24)2)22-20(25)18-12-19(27-23-18)15-7-8-15/h12-17H,3-11H2,1-2H3,(H,22,25)/t13?,14-,16?,17?/m1/s1. The SMILES string of the molecule is CC1CCC(C(=O)N2CCC(NC(=O)c3cc(C4CC4)on3)C[C@H]2C)CC1. The van der Waals surface area contributed by atoms with Gasteiger partial charge in [0.15, 0.2) is 5.69 Å². The Morgan fingerprint density at radius 3 is 2.52 bits per heavy atom. The summed E-state index contributed by atoms with van der Waals surface area (Å²) in [5.41, 5.74) is 0.374. The fraction of sp³-hybridized carbons (Fsp3) is 0.762. The van der Waals surface area contributed by atoms with E-state index in [4.69, 9.17) is 4.52 Å². The molecule has 0 spiro atoms. The average molecular weight is 373 g/mol. The lowest BCUT2D eigenvalue weighted by atomic mass is 9.81. The molecule has 2 amide bonds. The molecule has 0 aromatic carbocycles. The fourth-order valence-electron chi connectivity index (χ4n) is 4.59. The van der Waals surface area contributed by atoms with E-state index in [0.717, 1.165) is 69.6 Å². The van der Waals surface area contributed by atoms with Crippen LogP contribution in [0.15, 0.2) is 10.6 Å². The lowest BCUT2D eigenvalue weighted by Crippen LogP contribution is -2.52. The van der Waals surface area contributed by atoms with Gasteiger partial charge in [0.1, 0.15) is 5.76 Å². The van der Waals surface area contributed by atoms with Crippen molar-refractivity contribution in [3.63, 3.8) is 0 Å². The molecule has 2 heterocycles. The van der Waals surface area contributed by atoms with E-state index in [0.29, 0.717) is 17.5 Å². The van der Waals surface area contributed by atoms with Gasteiger partial charge in [-0.2, -0.15) is 0 Å². The molecule has 6 nitrogen and oxygen atoms in total. The number of aromatic nitrogens is 1. The maximum absolute atomic E-state index is 12.9. The van der Waals surface area contributed by atoms with Crippen molar-refractivity contribution in [3.8, 4) is 0 Å². The van der Waals surface area contributed by atoms with Gasteiger partial charge < -0.3 is 14.7 Å². The quantitative estimate of drug-likeness (QED) is 0.877. The molecule has 0 radical (unpaired) electrons. The number of piperidine rings is 1. The molecule has 6 heteroatoms. The van der Waals surface area contributed by atoms with Gasteiger partial charge in [-0.3, -0.25) is 9.59 Å². The summed E-state index contributed by atoms with van der Waals surface area (Å²) < 4.78 is 5.28. The zero-order valence-electron chi connectivity index (χ0n) is 16.4. The number of hydrogen-bond donors (Lipinski definition) is 1. The molecule has 27 heavy (non-hydrogen) atoms. The predicted molar refractivity (Wildman–Crippen MR) is 101 cm³/mol. The second-order valence-electron chi connectivity index (χ2n) is 8.92. The molecule has 2 saturated carbocycles. The second kappa shape index (κ2) is 7.64. The molecule has 2 aliphatic carbocycles. The van der Waals surface area contributed by atoms with E-state index in [1.807, 2.05) is 4.90 Å². The molecule has 1 N–H and O–H groups in total. The summed E-state index contributed by atoms with van der Waals surface area (Å²) in [5, 5.41) is 7.00. The molecular weight excluding hydrogens is 342 g/mol. The largest absolute Gasteiger partial charge is 0.360 e. The minimum atomic E-state index is -0.163. The number of rotatable bonds is 4. The summed E-state index contributed by atoms with van der Waals surface area (Å²) in [5.74, 6) is 2.40. The van der Waals surface area contributed by atoms with Crippen LogP contribution in [0.5, 0.6) is 0 Å². The first-order valence-corrected chi connectivity index (χ1v) is 10.6. The molecule has 1 aromatic heterocycles. The molecule has 3 fully saturated rings. The van der Waals surface area contributed by atoms with Crippen LogP contribution in [0.4, 0.5) is 0 Å². The summed E-state index contributed by atoms with van der Waals surface area (Å²) in [7, 11) is 0. The van der Waals surface area contributed by atoms with Crippen molar-refractivity contribution in [3.05, 3.63) is 17.5 Å². The highest BCUT2D eigenvalue weighted by Gasteiger charge is 2.35. The molecule has 4 rings (SSSR count). The van der Waals surface area contributed by atoms with E-state index in [2.05, 4.69) is 24.3 Å². The van der Waals surface area contributed by atoms with Crippen molar-refractivity contribution in [1.82, 2.24) is 15.4 Å². The summed E-state index contributed by atoms with van der Waals surface area (Å²) >= 11 is 0. The lowest BCUT2D eigenvalue weighted by Gasteiger charge is -2.40. The summed E-state index contributed by atoms with van der Waals surface area (Å²) in [6.07, 6.45) is 8.24. The third kappa shape index (κ3) is 4.19. The van der Waals surface area contributed by atoms with Crippen LogP contribution in [0, 0.1) is 11.8 Å². The van der Waals surface area contributed by atoms with E-state index < -0.39 is 0 Å². The third-order valence-electron chi connectivity index (χ3n) is 6.60. The van der Waals surface area contributed by atoms with Crippen molar-refractivity contribution in [2.24, 2.45) is 11.8 Å². The summed E-state index contributed by atoms with van der Waals surface area (Å²) in [6.45, 7) is 5.10. The van der Waals surface area contributed by atoms with Crippen LogP contribution in [0.2, 0.25) is 0 Å². The molecular formula is C21H31N3O3. The zero-order chi connectivity index (χ0) is 19.0. The van der Waals surface area contributed by atoms with Gasteiger partial charge in [0, 0.05) is 36.5 Å². The lowest BCUT2D eigenvalue weighted by molar-refractivity contribution is -0.140. The topological polar surface area (TPSA) is 75.4 Å². The Bertz CT molecular complexity index is 689. The van der Waals surface area contributed by atoms with Gasteiger partial charge in [0.05, 0.1) is 0 Å². The van der Waals surface area contributed by atoms with Crippen LogP contribution in [-0.4, -0.2) is 40.5 Å². The smallest absolute Gasteiger partial charge is 0.273 e. The van der Waals surface area contributed by atoms with Gasteiger partial charge in [-0.15, -0.1) is 0 Å². The zero-order valence-corrected chi connectivity index (χ0v) is 16.4. The molecule has 2 atom stereocenters. The van der Waals surface area contributed by atoms with Crippen LogP contribution in [-0.2, 0) is 4.79 Å². The summed E-state index contributed by atoms with van der Waals surface area (Å²) in [4.78, 5) is 27.4. The van der Waals surface area contributed by atoms with Crippen molar-refractivity contribution in [1.29, 1.82) is 0 Å². The Kier molecular flexibility index (Phi) is 5.24. The number of hydrogen-bond acceptors (Lipinski definition) is 4. The Morgan fingerprint density at radius 2 is 1.85 bits per heavy atom. The highest BCUT2D eigenvalue weighted by molar-refractivity contribution is 5.92. The molecule has 148 valence electrons. The summed E-state index contributed by atoms with van der Waals surface area (Å²) in [6, 6.07) is 2.03. The van der Waals surface area contributed by atoms with E-state index in [1.165, 1.54) is 0 Å². The van der Waals surface area contributed by atoms with Crippen molar-refractivity contribution in [2.45, 2.75) is 83.2 Å². The average Bonchev–Trinajstić information content (AvgIpc) is 3.38. The van der Waals surface area contributed by atoms with Crippen molar-refractivity contribution >= 4 is 11.8 Å². The van der Waals surface area contributed by atoms with Gasteiger partial charge in [-0.1, -0.05) is 12.1 Å². The molecule has 1 saturated heterocycles. The minimum Gasteiger partial charge on any atom is -0.360 e. The van der Waals surface area contributed by atoms with Gasteiger partial charge >= 0.3 is 0 Å². The number of nitrogens with zero attached hydrogens (tertiary/aromatic N) is 2. The van der Waals surface area contributed by atoms with Gasteiger partial charge in [0.2, 0.25) is 5.91 Å². The normalized spacial score (nSPS) is 31.6. The van der Waals surface area contributed by atoms with E-state index in [-0.39, 0.29) is 23.9 Å². The second-order valence-corrected chi connectivity index (χ2v) is 8.92. The molecule has 0 bridgehead atoms. The van der Waals surface area contributed by atoms with Crippen molar-refractivity contribution in [2.75, 3.05) is 6.54 Å². The van der Waals surface area contributed by atoms with E-state index in [9.17, 15) is 9.59 Å². The fourth-order valence-corrected chi connectivity index (χ4v) is 4.59. The predicted octanol–water partition coefficient (Wildman–Crippen LogP) is 3.49. The van der Waals surface area contributed by atoms with Crippen molar-refractivity contribution < 1.29 is 14.1 Å². The van der Waals surface area contributed by atoms with Gasteiger partial charge in [-0.05, 0) is 64.2 Å². The highest BCUT2D eigenvalue weighted by atomic mass is 16.5. The minimum absolute atomic E-state index is 0.0870. The van der Waals surface area contributed by atoms with Gasteiger partial charge in [0.25, 0.3) is 5.91 Å². The number of amides is 2. The van der Waals surface area contributed by atoms with Gasteiger partial charge in [-0.25, -0.2) is 0 Å². The van der Waals surface area contributed by atoms with Crippen LogP contribution in [0.25, 0.3) is 0 Å². The Hall–Kier alpha value is -1.85. The number of carbonyl (C=O) groups is 2. The Labute approximate surface area is 161 Å². The molecule has 1 unspecified atom stereocenters. The molecule has 1 aromatic rings. The maximum atomic E-state index is 12.9. The monoisotopic (exact) mass is 373 g/mol. The number of nitrogens with one attached hydrogen (secondary N) is 1. The highest BCUT2D eigenvalue weighted by Crippen LogP contribution is 2.40. The van der Waals surface area contributed by atoms with E-state index in [1.54, 1.807) is 6.07 Å². The number of carbonyl (C=O) groups excluding carboxylic acids is 2. The first-order valence-electron chi connectivity index (χ1n) is 10.6. The number of likely N-dealkylation sites (tertiary alicyclic amines) is 1. The van der Waals surface area contributed by atoms with Crippen LogP contribution in [0.3, 0.4) is 0 Å². The van der Waals surface area contributed by atoms with Crippen LogP contribution < -0.4 is 5.32 Å². The Morgan fingerprint density at radius 1 is 1.11 bits per heavy atom. The third-order valence-corrected chi connectivity index (χ3v) is 6.60. The van der Waals surface area contributed by atoms with E-state index >= 15 is 0 Å². The molecule has 3 aliphatic rings. The maximum Gasteiger partial charge on any atom is 0.273 e. The first-order chi connectivity index (χ1) is 13.0. The van der Waals surface area contributed by atoms with Crippen LogP contribution >= 0.6 is 0 Å².